The van der Waals surface area contributed by atoms with E-state index in [1.807, 2.05) is 36.1 Å². The molecule has 5 nitrogen and oxygen atoms in total. The van der Waals surface area contributed by atoms with Gasteiger partial charge in [0.1, 0.15) is 5.75 Å². The van der Waals surface area contributed by atoms with Gasteiger partial charge in [0, 0.05) is 26.2 Å². The number of amides is 1. The molecule has 1 amide bonds. The van der Waals surface area contributed by atoms with Crippen molar-refractivity contribution in [2.75, 3.05) is 37.7 Å². The van der Waals surface area contributed by atoms with E-state index >= 15 is 0 Å². The maximum absolute atomic E-state index is 12.5. The minimum Gasteiger partial charge on any atom is -0.484 e. The maximum atomic E-state index is 12.5. The number of para-hydroxylation sites is 1. The van der Waals surface area contributed by atoms with E-state index in [0.717, 1.165) is 35.1 Å². The lowest BCUT2D eigenvalue weighted by molar-refractivity contribution is -0.133. The number of piperazine rings is 1. The smallest absolute Gasteiger partial charge is 0.260 e. The van der Waals surface area contributed by atoms with E-state index in [2.05, 4.69) is 30.9 Å². The van der Waals surface area contributed by atoms with Gasteiger partial charge in [-0.25, -0.2) is 4.98 Å². The lowest BCUT2D eigenvalue weighted by Gasteiger charge is -2.34. The summed E-state index contributed by atoms with van der Waals surface area (Å²) >= 11 is 1.74. The molecular weight excluding hydrogens is 370 g/mol. The molecule has 1 aliphatic rings. The molecule has 0 atom stereocenters. The number of hydrogen-bond donors (Lipinski definition) is 0. The third-order valence-electron chi connectivity index (χ3n) is 5.16. The Morgan fingerprint density at radius 3 is 2.57 bits per heavy atom. The molecule has 0 saturated carbocycles. The number of benzene rings is 2. The first-order chi connectivity index (χ1) is 13.5. The molecule has 2 aromatic carbocycles. The zero-order valence-corrected chi connectivity index (χ0v) is 17.4. The van der Waals surface area contributed by atoms with Crippen molar-refractivity contribution in [3.63, 3.8) is 0 Å². The van der Waals surface area contributed by atoms with Crippen LogP contribution in [-0.2, 0) is 4.79 Å². The number of thiazole rings is 1. The molecule has 28 heavy (non-hydrogen) atoms. The second kappa shape index (κ2) is 7.80. The van der Waals surface area contributed by atoms with Gasteiger partial charge in [-0.15, -0.1) is 0 Å². The van der Waals surface area contributed by atoms with Gasteiger partial charge in [-0.1, -0.05) is 35.6 Å². The van der Waals surface area contributed by atoms with Gasteiger partial charge in [0.15, 0.2) is 11.7 Å². The van der Waals surface area contributed by atoms with E-state index in [1.165, 1.54) is 15.8 Å². The molecule has 6 heteroatoms. The summed E-state index contributed by atoms with van der Waals surface area (Å²) in [6.45, 7) is 9.32. The largest absolute Gasteiger partial charge is 0.484 e. The molecular formula is C22H25N3O2S. The Morgan fingerprint density at radius 1 is 1.07 bits per heavy atom. The van der Waals surface area contributed by atoms with Crippen molar-refractivity contribution in [2.24, 2.45) is 0 Å². The van der Waals surface area contributed by atoms with Crippen LogP contribution in [0.2, 0.25) is 0 Å². The summed E-state index contributed by atoms with van der Waals surface area (Å²) in [5, 5.41) is 1.05. The van der Waals surface area contributed by atoms with Gasteiger partial charge in [-0.2, -0.15) is 0 Å². The van der Waals surface area contributed by atoms with Crippen LogP contribution in [0.3, 0.4) is 0 Å². The van der Waals surface area contributed by atoms with Gasteiger partial charge in [-0.05, 0) is 49.6 Å². The van der Waals surface area contributed by atoms with Crippen LogP contribution in [0.25, 0.3) is 10.2 Å². The first kappa shape index (κ1) is 18.7. The summed E-state index contributed by atoms with van der Waals surface area (Å²) < 4.78 is 6.97. The fourth-order valence-corrected chi connectivity index (χ4v) is 4.66. The van der Waals surface area contributed by atoms with E-state index in [9.17, 15) is 4.79 Å². The zero-order valence-electron chi connectivity index (χ0n) is 16.6. The van der Waals surface area contributed by atoms with Crippen LogP contribution >= 0.6 is 11.3 Å². The Bertz CT molecular complexity index is 1010. The molecule has 1 aromatic heterocycles. The van der Waals surface area contributed by atoms with Crippen molar-refractivity contribution in [1.29, 1.82) is 0 Å². The number of nitrogens with zero attached hydrogens (tertiary/aromatic N) is 3. The van der Waals surface area contributed by atoms with Crippen molar-refractivity contribution < 1.29 is 9.53 Å². The first-order valence-corrected chi connectivity index (χ1v) is 10.4. The second-order valence-corrected chi connectivity index (χ2v) is 8.33. The maximum Gasteiger partial charge on any atom is 0.260 e. The SMILES string of the molecule is Cc1cc(C)c2sc(N3CCN(C(=O)COc4ccccc4C)CC3)nc2c1. The first-order valence-electron chi connectivity index (χ1n) is 9.60. The molecule has 0 bridgehead atoms. The Labute approximate surface area is 169 Å². The Kier molecular flexibility index (Phi) is 5.22. The Morgan fingerprint density at radius 2 is 1.82 bits per heavy atom. The molecule has 1 saturated heterocycles. The van der Waals surface area contributed by atoms with Gasteiger partial charge in [-0.3, -0.25) is 4.79 Å². The van der Waals surface area contributed by atoms with Crippen LogP contribution in [0.5, 0.6) is 5.75 Å². The summed E-state index contributed by atoms with van der Waals surface area (Å²) in [6.07, 6.45) is 0. The minimum atomic E-state index is 0.0404. The molecule has 4 rings (SSSR count). The van der Waals surface area contributed by atoms with Crippen LogP contribution in [0.4, 0.5) is 5.13 Å². The molecule has 146 valence electrons. The van der Waals surface area contributed by atoms with Crippen LogP contribution in [0.1, 0.15) is 16.7 Å². The van der Waals surface area contributed by atoms with E-state index < -0.39 is 0 Å². The number of aryl methyl sites for hydroxylation is 3. The average Bonchev–Trinajstić information content (AvgIpc) is 3.11. The summed E-state index contributed by atoms with van der Waals surface area (Å²) in [5.41, 5.74) is 4.64. The molecule has 0 unspecified atom stereocenters. The summed E-state index contributed by atoms with van der Waals surface area (Å²) in [5.74, 6) is 0.813. The molecule has 0 spiro atoms. The topological polar surface area (TPSA) is 45.7 Å². The fourth-order valence-electron chi connectivity index (χ4n) is 3.60. The molecule has 3 aromatic rings. The Balaban J connectivity index is 1.36. The van der Waals surface area contributed by atoms with Crippen molar-refractivity contribution in [3.05, 3.63) is 53.1 Å². The number of carbonyl (C=O) groups excluding carboxylic acids is 1. The monoisotopic (exact) mass is 395 g/mol. The van der Waals surface area contributed by atoms with E-state index in [4.69, 9.17) is 9.72 Å². The standard InChI is InChI=1S/C22H25N3O2S/c1-15-12-17(3)21-18(13-15)23-22(28-21)25-10-8-24(9-11-25)20(26)14-27-19-7-5-4-6-16(19)2/h4-7,12-13H,8-11,14H2,1-3H3. The predicted octanol–water partition coefficient (Wildman–Crippen LogP) is 3.95. The number of aromatic nitrogens is 1. The van der Waals surface area contributed by atoms with Crippen molar-refractivity contribution in [3.8, 4) is 5.75 Å². The molecule has 0 radical (unpaired) electrons. The second-order valence-electron chi connectivity index (χ2n) is 7.35. The van der Waals surface area contributed by atoms with Crippen molar-refractivity contribution in [1.82, 2.24) is 9.88 Å². The fraction of sp³-hybridized carbons (Fsp3) is 0.364. The third-order valence-corrected chi connectivity index (χ3v) is 6.42. The van der Waals surface area contributed by atoms with Crippen molar-refractivity contribution >= 4 is 32.6 Å². The molecule has 2 heterocycles. The van der Waals surface area contributed by atoms with Crippen LogP contribution in [0, 0.1) is 20.8 Å². The number of fused-ring (bicyclic) bond motifs is 1. The van der Waals surface area contributed by atoms with Crippen LogP contribution in [-0.4, -0.2) is 48.6 Å². The van der Waals surface area contributed by atoms with Gasteiger partial charge in [0.2, 0.25) is 0 Å². The third kappa shape index (κ3) is 3.83. The summed E-state index contributed by atoms with van der Waals surface area (Å²) in [7, 11) is 0. The quantitative estimate of drug-likeness (QED) is 0.671. The molecule has 1 aliphatic heterocycles. The molecule has 1 fully saturated rings. The number of rotatable bonds is 4. The lowest BCUT2D eigenvalue weighted by Crippen LogP contribution is -2.50. The van der Waals surface area contributed by atoms with Crippen molar-refractivity contribution in [2.45, 2.75) is 20.8 Å². The number of anilines is 1. The highest BCUT2D eigenvalue weighted by Crippen LogP contribution is 2.32. The van der Waals surface area contributed by atoms with E-state index in [-0.39, 0.29) is 12.5 Å². The highest BCUT2D eigenvalue weighted by Gasteiger charge is 2.23. The normalized spacial score (nSPS) is 14.5. The van der Waals surface area contributed by atoms with Gasteiger partial charge >= 0.3 is 0 Å². The molecule has 0 aliphatic carbocycles. The highest BCUT2D eigenvalue weighted by molar-refractivity contribution is 7.22. The predicted molar refractivity (Wildman–Crippen MR) is 115 cm³/mol. The number of hydrogen-bond acceptors (Lipinski definition) is 5. The number of ether oxygens (including phenoxy) is 1. The number of carbonyl (C=O) groups is 1. The van der Waals surface area contributed by atoms with Gasteiger partial charge < -0.3 is 14.5 Å². The summed E-state index contributed by atoms with van der Waals surface area (Å²) in [6, 6.07) is 12.1. The van der Waals surface area contributed by atoms with Crippen LogP contribution in [0.15, 0.2) is 36.4 Å². The molecule has 0 N–H and O–H groups in total. The van der Waals surface area contributed by atoms with Gasteiger partial charge in [0.25, 0.3) is 5.91 Å². The zero-order chi connectivity index (χ0) is 19.7. The van der Waals surface area contributed by atoms with Crippen LogP contribution < -0.4 is 9.64 Å². The summed E-state index contributed by atoms with van der Waals surface area (Å²) in [4.78, 5) is 21.5. The lowest BCUT2D eigenvalue weighted by atomic mass is 10.1. The average molecular weight is 396 g/mol. The Hall–Kier alpha value is -2.60. The highest BCUT2D eigenvalue weighted by atomic mass is 32.1. The van der Waals surface area contributed by atoms with E-state index in [0.29, 0.717) is 13.1 Å². The van der Waals surface area contributed by atoms with E-state index in [1.54, 1.807) is 11.3 Å². The van der Waals surface area contributed by atoms with Gasteiger partial charge in [0.05, 0.1) is 10.2 Å². The minimum absolute atomic E-state index is 0.0404.